The van der Waals surface area contributed by atoms with Crippen molar-refractivity contribution in [1.82, 2.24) is 19.0 Å². The van der Waals surface area contributed by atoms with E-state index in [1.807, 2.05) is 6.07 Å². The minimum absolute atomic E-state index is 0.889. The van der Waals surface area contributed by atoms with E-state index < -0.39 is 0 Å². The van der Waals surface area contributed by atoms with Crippen LogP contribution in [0.15, 0.2) is 61.1 Å². The number of hydrogen-bond acceptors (Lipinski definition) is 2. The zero-order valence-electron chi connectivity index (χ0n) is 10.6. The van der Waals surface area contributed by atoms with E-state index >= 15 is 0 Å². The van der Waals surface area contributed by atoms with Crippen molar-refractivity contribution in [3.63, 3.8) is 0 Å². The molecule has 0 unspecified atom stereocenters. The quantitative estimate of drug-likeness (QED) is 0.427. The molecule has 0 radical (unpaired) electrons. The maximum absolute atomic E-state index is 4.32. The van der Waals surface area contributed by atoms with E-state index in [1.165, 1.54) is 10.9 Å². The predicted molar refractivity (Wildman–Crippen MR) is 79.0 cm³/mol. The SMILES string of the molecule is c1cc2ccn3c4ccccc4n4cnnc4c(c1)c23. The molecule has 0 aliphatic carbocycles. The molecule has 94 valence electrons. The Balaban J connectivity index is 2.35. The van der Waals surface area contributed by atoms with Crippen molar-refractivity contribution in [3.05, 3.63) is 61.1 Å². The van der Waals surface area contributed by atoms with Gasteiger partial charge in [-0.05, 0) is 24.3 Å². The van der Waals surface area contributed by atoms with Gasteiger partial charge < -0.3 is 4.40 Å². The maximum atomic E-state index is 4.32. The molecule has 2 aromatic carbocycles. The lowest BCUT2D eigenvalue weighted by Gasteiger charge is -1.98. The van der Waals surface area contributed by atoms with E-state index in [1.54, 1.807) is 6.33 Å². The molecule has 0 saturated heterocycles. The average molecular weight is 258 g/mol. The Morgan fingerprint density at radius 2 is 1.65 bits per heavy atom. The Morgan fingerprint density at radius 1 is 0.800 bits per heavy atom. The fourth-order valence-electron chi connectivity index (χ4n) is 3.04. The first-order valence-corrected chi connectivity index (χ1v) is 6.54. The Labute approximate surface area is 113 Å². The Kier molecular flexibility index (Phi) is 1.68. The number of hydrogen-bond donors (Lipinski definition) is 0. The second-order valence-corrected chi connectivity index (χ2v) is 4.94. The number of nitrogens with zero attached hydrogens (tertiary/aromatic N) is 4. The normalized spacial score (nSPS) is 12.0. The van der Waals surface area contributed by atoms with Crippen LogP contribution >= 0.6 is 0 Å². The van der Waals surface area contributed by atoms with Gasteiger partial charge in [0, 0.05) is 17.0 Å². The highest BCUT2D eigenvalue weighted by Gasteiger charge is 2.10. The van der Waals surface area contributed by atoms with Gasteiger partial charge in [0.25, 0.3) is 0 Å². The molecule has 3 heterocycles. The first kappa shape index (κ1) is 9.97. The molecule has 3 aromatic heterocycles. The minimum atomic E-state index is 0.889. The second-order valence-electron chi connectivity index (χ2n) is 4.94. The van der Waals surface area contributed by atoms with E-state index in [-0.39, 0.29) is 0 Å². The topological polar surface area (TPSA) is 34.6 Å². The molecule has 20 heavy (non-hydrogen) atoms. The third kappa shape index (κ3) is 1.07. The summed E-state index contributed by atoms with van der Waals surface area (Å²) in [4.78, 5) is 0. The lowest BCUT2D eigenvalue weighted by Crippen LogP contribution is -1.84. The largest absolute Gasteiger partial charge is 0.314 e. The van der Waals surface area contributed by atoms with Crippen molar-refractivity contribution in [2.45, 2.75) is 0 Å². The van der Waals surface area contributed by atoms with Crippen LogP contribution in [0.3, 0.4) is 0 Å². The average Bonchev–Trinajstić information content (AvgIpc) is 3.11. The van der Waals surface area contributed by atoms with E-state index in [2.05, 4.69) is 67.7 Å². The molecule has 0 fully saturated rings. The van der Waals surface area contributed by atoms with E-state index in [9.17, 15) is 0 Å². The summed E-state index contributed by atoms with van der Waals surface area (Å²) >= 11 is 0. The van der Waals surface area contributed by atoms with Gasteiger partial charge in [-0.25, -0.2) is 0 Å². The number of aromatic nitrogens is 4. The molecular formula is C16H10N4. The molecule has 5 rings (SSSR count). The molecule has 4 heteroatoms. The van der Waals surface area contributed by atoms with Crippen molar-refractivity contribution in [2.75, 3.05) is 0 Å². The lowest BCUT2D eigenvalue weighted by molar-refractivity contribution is 1.11. The Hall–Kier alpha value is -2.88. The highest BCUT2D eigenvalue weighted by Crippen LogP contribution is 2.27. The molecule has 0 aliphatic heterocycles. The molecule has 0 spiro atoms. The molecule has 0 bridgehead atoms. The summed E-state index contributed by atoms with van der Waals surface area (Å²) in [6.45, 7) is 0. The van der Waals surface area contributed by atoms with Crippen LogP contribution in [0, 0.1) is 0 Å². The number of benzene rings is 2. The van der Waals surface area contributed by atoms with Crippen LogP contribution in [0.1, 0.15) is 0 Å². The maximum Gasteiger partial charge on any atom is 0.170 e. The van der Waals surface area contributed by atoms with Gasteiger partial charge in [0.1, 0.15) is 6.33 Å². The van der Waals surface area contributed by atoms with Gasteiger partial charge in [0.15, 0.2) is 5.65 Å². The van der Waals surface area contributed by atoms with Gasteiger partial charge in [-0.1, -0.05) is 24.3 Å². The number of para-hydroxylation sites is 3. The zero-order valence-corrected chi connectivity index (χ0v) is 10.6. The summed E-state index contributed by atoms with van der Waals surface area (Å²) in [6, 6.07) is 16.8. The second kappa shape index (κ2) is 3.36. The van der Waals surface area contributed by atoms with E-state index in [0.29, 0.717) is 0 Å². The molecule has 0 N–H and O–H groups in total. The van der Waals surface area contributed by atoms with Crippen LogP contribution in [0.2, 0.25) is 0 Å². The molecule has 0 atom stereocenters. The molecule has 4 nitrogen and oxygen atoms in total. The molecular weight excluding hydrogens is 248 g/mol. The summed E-state index contributed by atoms with van der Waals surface area (Å²) in [5.74, 6) is 0. The first-order chi connectivity index (χ1) is 9.93. The molecule has 0 saturated carbocycles. The fraction of sp³-hybridized carbons (Fsp3) is 0. The predicted octanol–water partition coefficient (Wildman–Crippen LogP) is 3.29. The summed E-state index contributed by atoms with van der Waals surface area (Å²) in [7, 11) is 0. The summed E-state index contributed by atoms with van der Waals surface area (Å²) < 4.78 is 4.28. The third-order valence-electron chi connectivity index (χ3n) is 3.90. The van der Waals surface area contributed by atoms with Gasteiger partial charge in [-0.15, -0.1) is 10.2 Å². The Bertz CT molecular complexity index is 1100. The minimum Gasteiger partial charge on any atom is -0.314 e. The van der Waals surface area contributed by atoms with Gasteiger partial charge in [-0.2, -0.15) is 0 Å². The molecule has 0 aliphatic rings. The van der Waals surface area contributed by atoms with Crippen molar-refractivity contribution in [1.29, 1.82) is 0 Å². The van der Waals surface area contributed by atoms with Crippen LogP contribution < -0.4 is 0 Å². The highest BCUT2D eigenvalue weighted by atomic mass is 15.2. The molecule has 5 aromatic rings. The summed E-state index contributed by atoms with van der Waals surface area (Å²) in [5.41, 5.74) is 4.32. The standard InChI is InChI=1S/C16H10N4/c1-2-7-14-13(6-1)19-9-8-11-4-3-5-12(15(11)19)16-18-17-10-20(14)16/h1-10H. The van der Waals surface area contributed by atoms with Gasteiger partial charge >= 0.3 is 0 Å². The number of rotatable bonds is 0. The van der Waals surface area contributed by atoms with Gasteiger partial charge in [-0.3, -0.25) is 4.40 Å². The molecule has 0 amide bonds. The van der Waals surface area contributed by atoms with Gasteiger partial charge in [0.05, 0.1) is 16.6 Å². The summed E-state index contributed by atoms with van der Waals surface area (Å²) in [5, 5.41) is 10.7. The fourth-order valence-corrected chi connectivity index (χ4v) is 3.04. The van der Waals surface area contributed by atoms with Crippen molar-refractivity contribution >= 4 is 33.0 Å². The van der Waals surface area contributed by atoms with E-state index in [0.717, 1.165) is 22.1 Å². The van der Waals surface area contributed by atoms with Crippen LogP contribution in [-0.2, 0) is 0 Å². The monoisotopic (exact) mass is 258 g/mol. The van der Waals surface area contributed by atoms with Crippen LogP contribution in [0.25, 0.3) is 33.0 Å². The number of fused-ring (bicyclic) bond motifs is 5. The van der Waals surface area contributed by atoms with E-state index in [4.69, 9.17) is 0 Å². The summed E-state index contributed by atoms with van der Waals surface area (Å²) in [6.07, 6.45) is 3.90. The lowest BCUT2D eigenvalue weighted by atomic mass is 10.2. The van der Waals surface area contributed by atoms with Crippen LogP contribution in [0.4, 0.5) is 0 Å². The zero-order chi connectivity index (χ0) is 13.1. The van der Waals surface area contributed by atoms with Gasteiger partial charge in [0.2, 0.25) is 0 Å². The Morgan fingerprint density at radius 3 is 2.55 bits per heavy atom. The van der Waals surface area contributed by atoms with Crippen LogP contribution in [-0.4, -0.2) is 19.0 Å². The van der Waals surface area contributed by atoms with Crippen molar-refractivity contribution in [3.8, 4) is 0 Å². The highest BCUT2D eigenvalue weighted by molar-refractivity contribution is 6.05. The third-order valence-corrected chi connectivity index (χ3v) is 3.90. The van der Waals surface area contributed by atoms with Crippen molar-refractivity contribution < 1.29 is 0 Å². The smallest absolute Gasteiger partial charge is 0.170 e. The van der Waals surface area contributed by atoms with Crippen molar-refractivity contribution in [2.24, 2.45) is 0 Å². The first-order valence-electron chi connectivity index (χ1n) is 6.54. The van der Waals surface area contributed by atoms with Crippen LogP contribution in [0.5, 0.6) is 0 Å².